The van der Waals surface area contributed by atoms with Gasteiger partial charge in [-0.15, -0.1) is 0 Å². The highest BCUT2D eigenvalue weighted by molar-refractivity contribution is 5.93. The van der Waals surface area contributed by atoms with E-state index in [9.17, 15) is 9.18 Å². The fraction of sp³-hybridized carbons (Fsp3) is 0.200. The molecule has 0 saturated heterocycles. The summed E-state index contributed by atoms with van der Waals surface area (Å²) >= 11 is 0. The first-order valence-corrected chi connectivity index (χ1v) is 8.60. The minimum atomic E-state index is -0.336. The van der Waals surface area contributed by atoms with Crippen LogP contribution in [0.1, 0.15) is 29.0 Å². The van der Waals surface area contributed by atoms with Gasteiger partial charge in [0.2, 0.25) is 0 Å². The SMILES string of the molecule is CC(NC(=O)c1cncn1-c1ccc(F)cc1)c1ccc2c(c1)OCCO2. The van der Waals surface area contributed by atoms with Crippen LogP contribution in [0.2, 0.25) is 0 Å². The van der Waals surface area contributed by atoms with E-state index < -0.39 is 0 Å². The zero-order valence-electron chi connectivity index (χ0n) is 14.7. The third kappa shape index (κ3) is 3.48. The number of carbonyl (C=O) groups excluding carboxylic acids is 1. The molecule has 138 valence electrons. The third-order valence-corrected chi connectivity index (χ3v) is 4.39. The predicted octanol–water partition coefficient (Wildman–Crippen LogP) is 3.27. The largest absolute Gasteiger partial charge is 0.486 e. The maximum absolute atomic E-state index is 13.1. The Kier molecular flexibility index (Phi) is 4.50. The van der Waals surface area contributed by atoms with Gasteiger partial charge in [-0.1, -0.05) is 6.07 Å². The average Bonchev–Trinajstić information content (AvgIpc) is 3.18. The van der Waals surface area contributed by atoms with E-state index >= 15 is 0 Å². The zero-order chi connectivity index (χ0) is 18.8. The van der Waals surface area contributed by atoms with Crippen LogP contribution in [-0.2, 0) is 0 Å². The molecule has 1 atom stereocenters. The van der Waals surface area contributed by atoms with Crippen molar-refractivity contribution in [1.29, 1.82) is 0 Å². The number of hydrogen-bond acceptors (Lipinski definition) is 4. The van der Waals surface area contributed by atoms with E-state index in [1.807, 2.05) is 25.1 Å². The molecule has 1 aromatic heterocycles. The van der Waals surface area contributed by atoms with Crippen LogP contribution in [0.5, 0.6) is 11.5 Å². The molecule has 6 nitrogen and oxygen atoms in total. The molecule has 2 aromatic carbocycles. The molecule has 1 aliphatic rings. The van der Waals surface area contributed by atoms with Gasteiger partial charge < -0.3 is 14.8 Å². The molecule has 1 N–H and O–H groups in total. The Hall–Kier alpha value is -3.35. The topological polar surface area (TPSA) is 65.4 Å². The van der Waals surface area contributed by atoms with Crippen LogP contribution < -0.4 is 14.8 Å². The van der Waals surface area contributed by atoms with Gasteiger partial charge in [0.1, 0.15) is 24.7 Å². The molecule has 0 saturated carbocycles. The van der Waals surface area contributed by atoms with Crippen LogP contribution in [0, 0.1) is 5.82 Å². The Bertz CT molecular complexity index is 969. The van der Waals surface area contributed by atoms with E-state index in [-0.39, 0.29) is 17.8 Å². The first-order chi connectivity index (χ1) is 13.1. The fourth-order valence-corrected chi connectivity index (χ4v) is 2.95. The van der Waals surface area contributed by atoms with Crippen LogP contribution >= 0.6 is 0 Å². The lowest BCUT2D eigenvalue weighted by molar-refractivity contribution is 0.0933. The number of nitrogens with one attached hydrogen (secondary N) is 1. The number of rotatable bonds is 4. The summed E-state index contributed by atoms with van der Waals surface area (Å²) in [6.07, 6.45) is 3.01. The van der Waals surface area contributed by atoms with Gasteiger partial charge in [-0.25, -0.2) is 9.37 Å². The number of aromatic nitrogens is 2. The van der Waals surface area contributed by atoms with Crippen molar-refractivity contribution in [1.82, 2.24) is 14.9 Å². The van der Waals surface area contributed by atoms with Crippen molar-refractivity contribution in [2.75, 3.05) is 13.2 Å². The Morgan fingerprint density at radius 3 is 2.67 bits per heavy atom. The lowest BCUT2D eigenvalue weighted by Crippen LogP contribution is -2.28. The molecule has 0 bridgehead atoms. The van der Waals surface area contributed by atoms with Crippen LogP contribution in [0.4, 0.5) is 4.39 Å². The molecular formula is C20H18FN3O3. The highest BCUT2D eigenvalue weighted by Gasteiger charge is 2.19. The molecule has 4 rings (SSSR count). The van der Waals surface area contributed by atoms with Crippen molar-refractivity contribution in [3.8, 4) is 17.2 Å². The Labute approximate surface area is 155 Å². The van der Waals surface area contributed by atoms with Gasteiger partial charge in [0, 0.05) is 5.69 Å². The second-order valence-electron chi connectivity index (χ2n) is 6.22. The Morgan fingerprint density at radius 1 is 1.15 bits per heavy atom. The monoisotopic (exact) mass is 367 g/mol. The van der Waals surface area contributed by atoms with Gasteiger partial charge in [-0.05, 0) is 48.9 Å². The molecule has 0 spiro atoms. The number of benzene rings is 2. The van der Waals surface area contributed by atoms with E-state index in [0.29, 0.717) is 36.1 Å². The summed E-state index contributed by atoms with van der Waals surface area (Å²) in [5, 5.41) is 2.96. The summed E-state index contributed by atoms with van der Waals surface area (Å²) in [5.74, 6) is 0.769. The second-order valence-corrected chi connectivity index (χ2v) is 6.22. The summed E-state index contributed by atoms with van der Waals surface area (Å²) in [7, 11) is 0. The lowest BCUT2D eigenvalue weighted by atomic mass is 10.1. The summed E-state index contributed by atoms with van der Waals surface area (Å²) < 4.78 is 25.9. The molecule has 1 aliphatic heterocycles. The molecule has 7 heteroatoms. The van der Waals surface area contributed by atoms with Gasteiger partial charge in [0.15, 0.2) is 11.5 Å². The number of imidazole rings is 1. The quantitative estimate of drug-likeness (QED) is 0.769. The van der Waals surface area contributed by atoms with E-state index in [0.717, 1.165) is 5.56 Å². The second kappa shape index (κ2) is 7.11. The normalized spacial score (nSPS) is 13.9. The molecule has 27 heavy (non-hydrogen) atoms. The average molecular weight is 367 g/mol. The zero-order valence-corrected chi connectivity index (χ0v) is 14.7. The van der Waals surface area contributed by atoms with Gasteiger partial charge in [-0.2, -0.15) is 0 Å². The lowest BCUT2D eigenvalue weighted by Gasteiger charge is -2.21. The summed E-state index contributed by atoms with van der Waals surface area (Å²) in [5.41, 5.74) is 1.93. The molecular weight excluding hydrogens is 349 g/mol. The molecule has 1 amide bonds. The van der Waals surface area contributed by atoms with Crippen molar-refractivity contribution in [2.45, 2.75) is 13.0 Å². The first-order valence-electron chi connectivity index (χ1n) is 8.60. The van der Waals surface area contributed by atoms with E-state index in [1.54, 1.807) is 16.7 Å². The number of fused-ring (bicyclic) bond motifs is 1. The van der Waals surface area contributed by atoms with Gasteiger partial charge in [-0.3, -0.25) is 9.36 Å². The summed E-state index contributed by atoms with van der Waals surface area (Å²) in [4.78, 5) is 16.8. The number of halogens is 1. The Balaban J connectivity index is 1.53. The van der Waals surface area contributed by atoms with Crippen molar-refractivity contribution in [3.63, 3.8) is 0 Å². The smallest absolute Gasteiger partial charge is 0.270 e. The van der Waals surface area contributed by atoms with Crippen molar-refractivity contribution >= 4 is 5.91 Å². The number of hydrogen-bond donors (Lipinski definition) is 1. The fourth-order valence-electron chi connectivity index (χ4n) is 2.95. The van der Waals surface area contributed by atoms with E-state index in [1.165, 1.54) is 24.7 Å². The van der Waals surface area contributed by atoms with E-state index in [2.05, 4.69) is 10.3 Å². The molecule has 0 fully saturated rings. The van der Waals surface area contributed by atoms with E-state index in [4.69, 9.17) is 9.47 Å². The molecule has 3 aromatic rings. The summed E-state index contributed by atoms with van der Waals surface area (Å²) in [6.45, 7) is 2.93. The Morgan fingerprint density at radius 2 is 1.89 bits per heavy atom. The first kappa shape index (κ1) is 17.1. The molecule has 0 radical (unpaired) electrons. The van der Waals surface area contributed by atoms with Gasteiger partial charge >= 0.3 is 0 Å². The van der Waals surface area contributed by atoms with Crippen LogP contribution in [-0.4, -0.2) is 28.7 Å². The molecule has 1 unspecified atom stereocenters. The number of amides is 1. The third-order valence-electron chi connectivity index (χ3n) is 4.39. The highest BCUT2D eigenvalue weighted by atomic mass is 19.1. The highest BCUT2D eigenvalue weighted by Crippen LogP contribution is 2.32. The number of carbonyl (C=O) groups is 1. The maximum atomic E-state index is 13.1. The standard InChI is InChI=1S/C20H18FN3O3/c1-13(14-2-7-18-19(10-14)27-9-8-26-18)23-20(25)17-11-22-12-24(17)16-5-3-15(21)4-6-16/h2-7,10-13H,8-9H2,1H3,(H,23,25). The minimum Gasteiger partial charge on any atom is -0.486 e. The van der Waals surface area contributed by atoms with Crippen molar-refractivity contribution in [3.05, 3.63) is 72.1 Å². The molecule has 2 heterocycles. The number of ether oxygens (including phenoxy) is 2. The predicted molar refractivity (Wildman–Crippen MR) is 96.8 cm³/mol. The summed E-state index contributed by atoms with van der Waals surface area (Å²) in [6, 6.07) is 11.2. The number of nitrogens with zero attached hydrogens (tertiary/aromatic N) is 2. The molecule has 0 aliphatic carbocycles. The van der Waals surface area contributed by atoms with Gasteiger partial charge in [0.05, 0.1) is 18.6 Å². The van der Waals surface area contributed by atoms with Crippen molar-refractivity contribution in [2.24, 2.45) is 0 Å². The van der Waals surface area contributed by atoms with Crippen LogP contribution in [0.15, 0.2) is 55.0 Å². The van der Waals surface area contributed by atoms with Crippen LogP contribution in [0.25, 0.3) is 5.69 Å². The van der Waals surface area contributed by atoms with Gasteiger partial charge in [0.25, 0.3) is 5.91 Å². The maximum Gasteiger partial charge on any atom is 0.270 e. The van der Waals surface area contributed by atoms with Crippen molar-refractivity contribution < 1.29 is 18.7 Å². The van der Waals surface area contributed by atoms with Crippen LogP contribution in [0.3, 0.4) is 0 Å². The minimum absolute atomic E-state index is 0.245.